The first-order valence-electron chi connectivity index (χ1n) is 4.30. The molecule has 2 heteroatoms. The zero-order chi connectivity index (χ0) is 8.69. The van der Waals surface area contributed by atoms with E-state index in [0.717, 1.165) is 13.1 Å². The molecule has 0 saturated carbocycles. The Hall–Kier alpha value is -0.500. The van der Waals surface area contributed by atoms with Gasteiger partial charge in [-0.25, -0.2) is 0 Å². The summed E-state index contributed by atoms with van der Waals surface area (Å²) >= 11 is 0. The fourth-order valence-corrected chi connectivity index (χ4v) is 0.884. The molecule has 0 heterocycles. The monoisotopic (exact) mass is 156 g/mol. The van der Waals surface area contributed by atoms with Gasteiger partial charge in [-0.2, -0.15) is 0 Å². The molecule has 0 fully saturated rings. The van der Waals surface area contributed by atoms with E-state index >= 15 is 0 Å². The third kappa shape index (κ3) is 5.92. The van der Waals surface area contributed by atoms with Crippen LogP contribution in [-0.4, -0.2) is 19.1 Å². The Morgan fingerprint density at radius 3 is 2.64 bits per heavy atom. The minimum atomic E-state index is 0.520. The fourth-order valence-electron chi connectivity index (χ4n) is 0.884. The topological polar surface area (TPSA) is 24.1 Å². The van der Waals surface area contributed by atoms with Crippen molar-refractivity contribution in [2.45, 2.75) is 33.7 Å². The Morgan fingerprint density at radius 1 is 1.55 bits per heavy atom. The minimum absolute atomic E-state index is 0.520. The van der Waals surface area contributed by atoms with E-state index in [4.69, 9.17) is 0 Å². The molecule has 2 nitrogen and oxygen atoms in total. The molecule has 0 spiro atoms. The molecule has 0 radical (unpaired) electrons. The van der Waals surface area contributed by atoms with Crippen molar-refractivity contribution in [3.63, 3.8) is 0 Å². The number of hydrogen-bond acceptors (Lipinski definition) is 2. The van der Waals surface area contributed by atoms with Gasteiger partial charge in [-0.15, -0.1) is 0 Å². The number of nitrogens with one attached hydrogen (secondary N) is 2. The maximum absolute atomic E-state index is 3.36. The van der Waals surface area contributed by atoms with Crippen molar-refractivity contribution in [1.29, 1.82) is 0 Å². The molecule has 0 aromatic rings. The summed E-state index contributed by atoms with van der Waals surface area (Å²) in [7, 11) is 0. The number of allylic oxidation sites excluding steroid dienone is 2. The number of rotatable bonds is 5. The first-order chi connectivity index (χ1) is 5.20. The van der Waals surface area contributed by atoms with Gasteiger partial charge in [0.05, 0.1) is 0 Å². The van der Waals surface area contributed by atoms with Gasteiger partial charge in [0.2, 0.25) is 0 Å². The Morgan fingerprint density at radius 2 is 2.18 bits per heavy atom. The van der Waals surface area contributed by atoms with Gasteiger partial charge in [0, 0.05) is 18.3 Å². The molecule has 0 aliphatic heterocycles. The predicted octanol–water partition coefficient (Wildman–Crippen LogP) is 1.50. The van der Waals surface area contributed by atoms with Crippen LogP contribution in [-0.2, 0) is 0 Å². The molecule has 0 unspecified atom stereocenters. The van der Waals surface area contributed by atoms with E-state index in [1.807, 2.05) is 6.92 Å². The highest BCUT2D eigenvalue weighted by atomic mass is 15.0. The van der Waals surface area contributed by atoms with Crippen LogP contribution in [0.15, 0.2) is 11.8 Å². The lowest BCUT2D eigenvalue weighted by atomic mass is 10.3. The van der Waals surface area contributed by atoms with E-state index in [1.54, 1.807) is 0 Å². The predicted molar refractivity (Wildman–Crippen MR) is 50.6 cm³/mol. The van der Waals surface area contributed by atoms with E-state index in [-0.39, 0.29) is 0 Å². The molecule has 0 amide bonds. The van der Waals surface area contributed by atoms with Crippen molar-refractivity contribution in [3.8, 4) is 0 Å². The van der Waals surface area contributed by atoms with Gasteiger partial charge in [0.25, 0.3) is 0 Å². The van der Waals surface area contributed by atoms with Crippen molar-refractivity contribution in [2.24, 2.45) is 0 Å². The lowest BCUT2D eigenvalue weighted by Gasteiger charge is -2.15. The van der Waals surface area contributed by atoms with Crippen molar-refractivity contribution in [2.75, 3.05) is 13.1 Å². The van der Waals surface area contributed by atoms with Crippen LogP contribution in [0.3, 0.4) is 0 Å². The van der Waals surface area contributed by atoms with E-state index in [0.29, 0.717) is 6.04 Å². The molecule has 0 aliphatic rings. The second-order valence-electron chi connectivity index (χ2n) is 2.82. The van der Waals surface area contributed by atoms with Gasteiger partial charge in [0.1, 0.15) is 0 Å². The van der Waals surface area contributed by atoms with E-state index in [2.05, 4.69) is 37.5 Å². The summed E-state index contributed by atoms with van der Waals surface area (Å²) in [5.74, 6) is 0. The molecule has 2 N–H and O–H groups in total. The lowest BCUT2D eigenvalue weighted by molar-refractivity contribution is 0.554. The number of likely N-dealkylation sites (N-methyl/N-ethyl adjacent to an activating group) is 1. The van der Waals surface area contributed by atoms with E-state index in [1.165, 1.54) is 5.70 Å². The lowest BCUT2D eigenvalue weighted by Crippen LogP contribution is -2.35. The van der Waals surface area contributed by atoms with Crippen molar-refractivity contribution in [1.82, 2.24) is 10.6 Å². The molecular weight excluding hydrogens is 136 g/mol. The van der Waals surface area contributed by atoms with Gasteiger partial charge in [-0.05, 0) is 27.3 Å². The quantitative estimate of drug-likeness (QED) is 0.630. The summed E-state index contributed by atoms with van der Waals surface area (Å²) in [6.07, 6.45) is 2.09. The Labute approximate surface area is 70.1 Å². The molecule has 1 atom stereocenters. The third-order valence-electron chi connectivity index (χ3n) is 1.61. The SMILES string of the molecule is C/C=C(\C)N[C@H](C)CNCC. The summed E-state index contributed by atoms with van der Waals surface area (Å²) < 4.78 is 0. The third-order valence-corrected chi connectivity index (χ3v) is 1.61. The second-order valence-corrected chi connectivity index (χ2v) is 2.82. The van der Waals surface area contributed by atoms with Crippen LogP contribution < -0.4 is 10.6 Å². The smallest absolute Gasteiger partial charge is 0.0354 e. The van der Waals surface area contributed by atoms with Crippen molar-refractivity contribution >= 4 is 0 Å². The zero-order valence-corrected chi connectivity index (χ0v) is 8.07. The highest BCUT2D eigenvalue weighted by Gasteiger charge is 1.97. The minimum Gasteiger partial charge on any atom is -0.385 e. The first-order valence-corrected chi connectivity index (χ1v) is 4.30. The maximum Gasteiger partial charge on any atom is 0.0354 e. The van der Waals surface area contributed by atoms with Crippen LogP contribution in [0.4, 0.5) is 0 Å². The van der Waals surface area contributed by atoms with Crippen LogP contribution >= 0.6 is 0 Å². The average molecular weight is 156 g/mol. The normalized spacial score (nSPS) is 14.7. The Kier molecular flexibility index (Phi) is 5.94. The summed E-state index contributed by atoms with van der Waals surface area (Å²) in [6, 6.07) is 0.520. The molecule has 0 aromatic carbocycles. The molecule has 0 rings (SSSR count). The molecule has 11 heavy (non-hydrogen) atoms. The van der Waals surface area contributed by atoms with Crippen molar-refractivity contribution in [3.05, 3.63) is 11.8 Å². The van der Waals surface area contributed by atoms with Crippen LogP contribution in [0.25, 0.3) is 0 Å². The van der Waals surface area contributed by atoms with Gasteiger partial charge in [-0.1, -0.05) is 13.0 Å². The Bertz CT molecular complexity index is 119. The highest BCUT2D eigenvalue weighted by molar-refractivity contribution is 4.94. The average Bonchev–Trinajstić information content (AvgIpc) is 2.00. The zero-order valence-electron chi connectivity index (χ0n) is 8.07. The standard InChI is InChI=1S/C9H20N2/c1-5-8(3)11-9(4)7-10-6-2/h5,9-11H,6-7H2,1-4H3/b8-5+/t9-/m1/s1. The summed E-state index contributed by atoms with van der Waals surface area (Å²) in [5.41, 5.74) is 1.25. The molecule has 66 valence electrons. The van der Waals surface area contributed by atoms with E-state index < -0.39 is 0 Å². The van der Waals surface area contributed by atoms with Crippen molar-refractivity contribution < 1.29 is 0 Å². The van der Waals surface area contributed by atoms with Crippen LogP contribution in [0.2, 0.25) is 0 Å². The summed E-state index contributed by atoms with van der Waals surface area (Å²) in [6.45, 7) is 10.5. The molecule has 0 aromatic heterocycles. The van der Waals surface area contributed by atoms with Crippen LogP contribution in [0.1, 0.15) is 27.7 Å². The Balaban J connectivity index is 3.43. The summed E-state index contributed by atoms with van der Waals surface area (Å²) in [5, 5.41) is 6.65. The molecule has 0 bridgehead atoms. The van der Waals surface area contributed by atoms with Gasteiger partial charge in [-0.3, -0.25) is 0 Å². The molecular formula is C9H20N2. The number of hydrogen-bond donors (Lipinski definition) is 2. The first kappa shape index (κ1) is 10.5. The largest absolute Gasteiger partial charge is 0.385 e. The fraction of sp³-hybridized carbons (Fsp3) is 0.778. The van der Waals surface area contributed by atoms with Crippen LogP contribution in [0, 0.1) is 0 Å². The van der Waals surface area contributed by atoms with Crippen LogP contribution in [0.5, 0.6) is 0 Å². The molecule has 0 saturated heterocycles. The van der Waals surface area contributed by atoms with Gasteiger partial charge in [0.15, 0.2) is 0 Å². The van der Waals surface area contributed by atoms with Gasteiger partial charge < -0.3 is 10.6 Å². The summed E-state index contributed by atoms with van der Waals surface area (Å²) in [4.78, 5) is 0. The second kappa shape index (κ2) is 6.23. The van der Waals surface area contributed by atoms with Gasteiger partial charge >= 0.3 is 0 Å². The molecule has 0 aliphatic carbocycles. The highest BCUT2D eigenvalue weighted by Crippen LogP contribution is 1.88. The maximum atomic E-state index is 3.36. The van der Waals surface area contributed by atoms with E-state index in [9.17, 15) is 0 Å².